The third kappa shape index (κ3) is 3.32. The molecule has 0 saturated carbocycles. The van der Waals surface area contributed by atoms with Crippen LogP contribution in [0.1, 0.15) is 12.0 Å². The van der Waals surface area contributed by atoms with Gasteiger partial charge in [0.25, 0.3) is 0 Å². The van der Waals surface area contributed by atoms with E-state index in [2.05, 4.69) is 21.2 Å². The Hall–Kier alpha value is -2.11. The zero-order valence-corrected chi connectivity index (χ0v) is 12.4. The molecule has 0 spiro atoms. The number of nitrogens with one attached hydrogen (secondary N) is 1. The van der Waals surface area contributed by atoms with E-state index >= 15 is 0 Å². The number of carboxylic acids is 1. The van der Waals surface area contributed by atoms with Crippen LogP contribution in [0.5, 0.6) is 0 Å². The van der Waals surface area contributed by atoms with Gasteiger partial charge in [0.1, 0.15) is 12.1 Å². The van der Waals surface area contributed by atoms with Gasteiger partial charge in [0.15, 0.2) is 0 Å². The summed E-state index contributed by atoms with van der Waals surface area (Å²) in [5.41, 5.74) is 0.542. The topological polar surface area (TPSA) is 114 Å². The Morgan fingerprint density at radius 1 is 1.48 bits per heavy atom. The Morgan fingerprint density at radius 2 is 2.19 bits per heavy atom. The van der Waals surface area contributed by atoms with Crippen LogP contribution < -0.4 is 5.32 Å². The third-order valence-corrected chi connectivity index (χ3v) is 3.66. The van der Waals surface area contributed by atoms with Gasteiger partial charge >= 0.3 is 12.0 Å². The molecular weight excluding hydrogens is 342 g/mol. The van der Waals surface area contributed by atoms with E-state index < -0.39 is 24.1 Å². The number of nitrogens with zero attached hydrogens (tertiary/aromatic N) is 2. The SMILES string of the molecule is N#Cc1cc(Br)ccc1NC(=O)N1CC(O)C[C@H]1C(=O)O. The minimum Gasteiger partial charge on any atom is -0.480 e. The van der Waals surface area contributed by atoms with E-state index in [9.17, 15) is 14.7 Å². The lowest BCUT2D eigenvalue weighted by Gasteiger charge is -2.21. The van der Waals surface area contributed by atoms with Crippen LogP contribution in [0.2, 0.25) is 0 Å². The van der Waals surface area contributed by atoms with Gasteiger partial charge in [-0.3, -0.25) is 0 Å². The molecule has 2 rings (SSSR count). The molecule has 2 amide bonds. The Morgan fingerprint density at radius 3 is 2.81 bits per heavy atom. The molecule has 0 radical (unpaired) electrons. The molecule has 1 heterocycles. The normalized spacial score (nSPS) is 20.9. The first-order valence-electron chi connectivity index (χ1n) is 6.10. The second-order valence-electron chi connectivity index (χ2n) is 4.63. The number of hydrogen-bond donors (Lipinski definition) is 3. The Kier molecular flexibility index (Phi) is 4.45. The van der Waals surface area contributed by atoms with Crippen molar-refractivity contribution in [2.45, 2.75) is 18.6 Å². The van der Waals surface area contributed by atoms with E-state index in [1.807, 2.05) is 6.07 Å². The highest BCUT2D eigenvalue weighted by Gasteiger charge is 2.39. The number of rotatable bonds is 2. The molecule has 3 N–H and O–H groups in total. The van der Waals surface area contributed by atoms with Gasteiger partial charge in [-0.25, -0.2) is 9.59 Å². The van der Waals surface area contributed by atoms with E-state index in [1.54, 1.807) is 18.2 Å². The maximum atomic E-state index is 12.1. The van der Waals surface area contributed by atoms with Gasteiger partial charge in [0, 0.05) is 17.4 Å². The van der Waals surface area contributed by atoms with E-state index in [4.69, 9.17) is 10.4 Å². The molecular formula is C13H12BrN3O4. The number of carbonyl (C=O) groups excluding carboxylic acids is 1. The predicted octanol–water partition coefficient (Wildman–Crippen LogP) is 1.37. The minimum atomic E-state index is -1.17. The van der Waals surface area contributed by atoms with Crippen molar-refractivity contribution in [1.82, 2.24) is 4.90 Å². The smallest absolute Gasteiger partial charge is 0.326 e. The predicted molar refractivity (Wildman–Crippen MR) is 76.6 cm³/mol. The van der Waals surface area contributed by atoms with Gasteiger partial charge in [0.05, 0.1) is 17.4 Å². The maximum Gasteiger partial charge on any atom is 0.326 e. The fourth-order valence-corrected chi connectivity index (χ4v) is 2.54. The summed E-state index contributed by atoms with van der Waals surface area (Å²) in [7, 11) is 0. The third-order valence-electron chi connectivity index (χ3n) is 3.17. The van der Waals surface area contributed by atoms with Crippen molar-refractivity contribution >= 4 is 33.6 Å². The van der Waals surface area contributed by atoms with Crippen molar-refractivity contribution in [3.05, 3.63) is 28.2 Å². The molecule has 1 aliphatic heterocycles. The monoisotopic (exact) mass is 353 g/mol. The first-order chi connectivity index (χ1) is 9.92. The van der Waals surface area contributed by atoms with Crippen molar-refractivity contribution in [2.75, 3.05) is 11.9 Å². The van der Waals surface area contributed by atoms with Gasteiger partial charge < -0.3 is 20.4 Å². The summed E-state index contributed by atoms with van der Waals surface area (Å²) >= 11 is 3.22. The molecule has 1 aromatic carbocycles. The molecule has 1 aliphatic rings. The highest BCUT2D eigenvalue weighted by Crippen LogP contribution is 2.23. The summed E-state index contributed by atoms with van der Waals surface area (Å²) in [6, 6.07) is 4.97. The molecule has 110 valence electrons. The number of amides is 2. The molecule has 1 fully saturated rings. The number of aliphatic hydroxyl groups excluding tert-OH is 1. The van der Waals surface area contributed by atoms with Crippen molar-refractivity contribution in [3.8, 4) is 6.07 Å². The van der Waals surface area contributed by atoms with Crippen LogP contribution in [0, 0.1) is 11.3 Å². The lowest BCUT2D eigenvalue weighted by molar-refractivity contribution is -0.141. The first-order valence-corrected chi connectivity index (χ1v) is 6.90. The highest BCUT2D eigenvalue weighted by atomic mass is 79.9. The van der Waals surface area contributed by atoms with E-state index in [1.165, 1.54) is 0 Å². The quantitative estimate of drug-likeness (QED) is 0.742. The zero-order valence-electron chi connectivity index (χ0n) is 10.8. The fourth-order valence-electron chi connectivity index (χ4n) is 2.18. The van der Waals surface area contributed by atoms with E-state index in [0.29, 0.717) is 4.47 Å². The van der Waals surface area contributed by atoms with Crippen LogP contribution in [0.3, 0.4) is 0 Å². The molecule has 0 aromatic heterocycles. The molecule has 7 nitrogen and oxygen atoms in total. The summed E-state index contributed by atoms with van der Waals surface area (Å²) in [5, 5.41) is 30.1. The number of carbonyl (C=O) groups is 2. The van der Waals surface area contributed by atoms with Crippen molar-refractivity contribution in [2.24, 2.45) is 0 Å². The number of halogens is 1. The number of anilines is 1. The molecule has 21 heavy (non-hydrogen) atoms. The Bertz CT molecular complexity index is 628. The summed E-state index contributed by atoms with van der Waals surface area (Å²) in [4.78, 5) is 24.3. The average Bonchev–Trinajstić information content (AvgIpc) is 2.83. The average molecular weight is 354 g/mol. The van der Waals surface area contributed by atoms with E-state index in [0.717, 1.165) is 4.90 Å². The summed E-state index contributed by atoms with van der Waals surface area (Å²) < 4.78 is 0.692. The molecule has 1 saturated heterocycles. The number of benzene rings is 1. The number of likely N-dealkylation sites (tertiary alicyclic amines) is 1. The molecule has 1 unspecified atom stereocenters. The maximum absolute atomic E-state index is 12.1. The van der Waals surface area contributed by atoms with Crippen LogP contribution in [0.15, 0.2) is 22.7 Å². The molecule has 0 aliphatic carbocycles. The van der Waals surface area contributed by atoms with Gasteiger partial charge in [-0.2, -0.15) is 5.26 Å². The van der Waals surface area contributed by atoms with Crippen molar-refractivity contribution in [1.29, 1.82) is 5.26 Å². The largest absolute Gasteiger partial charge is 0.480 e. The van der Waals surface area contributed by atoms with Gasteiger partial charge in [-0.1, -0.05) is 15.9 Å². The second-order valence-corrected chi connectivity index (χ2v) is 5.54. The van der Waals surface area contributed by atoms with Gasteiger partial charge in [0.2, 0.25) is 0 Å². The number of urea groups is 1. The number of aliphatic carboxylic acids is 1. The van der Waals surface area contributed by atoms with Crippen LogP contribution in [0.4, 0.5) is 10.5 Å². The molecule has 2 atom stereocenters. The fraction of sp³-hybridized carbons (Fsp3) is 0.308. The van der Waals surface area contributed by atoms with Gasteiger partial charge in [-0.15, -0.1) is 0 Å². The molecule has 1 aromatic rings. The second kappa shape index (κ2) is 6.11. The van der Waals surface area contributed by atoms with E-state index in [-0.39, 0.29) is 24.2 Å². The van der Waals surface area contributed by atoms with Gasteiger partial charge in [-0.05, 0) is 18.2 Å². The summed E-state index contributed by atoms with van der Waals surface area (Å²) in [5.74, 6) is -1.17. The van der Waals surface area contributed by atoms with Crippen LogP contribution >= 0.6 is 15.9 Å². The van der Waals surface area contributed by atoms with Crippen LogP contribution in [-0.4, -0.2) is 45.8 Å². The first kappa shape index (κ1) is 15.3. The Balaban J connectivity index is 2.18. The number of nitriles is 1. The molecule has 8 heteroatoms. The summed E-state index contributed by atoms with van der Waals surface area (Å²) in [6.45, 7) is -0.0544. The lowest BCUT2D eigenvalue weighted by Crippen LogP contribution is -2.43. The number of hydrogen-bond acceptors (Lipinski definition) is 4. The summed E-state index contributed by atoms with van der Waals surface area (Å²) in [6.07, 6.45) is -0.869. The highest BCUT2D eigenvalue weighted by molar-refractivity contribution is 9.10. The standard InChI is InChI=1S/C13H12BrN3O4/c14-8-1-2-10(7(3-8)5-15)16-13(21)17-6-9(18)4-11(17)12(19)20/h1-3,9,11,18H,4,6H2,(H,16,21)(H,19,20)/t9?,11-/m0/s1. The Labute approximate surface area is 128 Å². The number of carboxylic acid groups (broad SMARTS) is 1. The van der Waals surface area contributed by atoms with Crippen molar-refractivity contribution in [3.63, 3.8) is 0 Å². The zero-order chi connectivity index (χ0) is 15.6. The number of β-amino-alcohol motifs (C(OH)–C–C–N with tert-alkyl or cyclic N) is 1. The van der Waals surface area contributed by atoms with Crippen LogP contribution in [0.25, 0.3) is 0 Å². The lowest BCUT2D eigenvalue weighted by atomic mass is 10.2. The van der Waals surface area contributed by atoms with Crippen molar-refractivity contribution < 1.29 is 19.8 Å². The molecule has 0 bridgehead atoms. The minimum absolute atomic E-state index is 0.00576. The van der Waals surface area contributed by atoms with Crippen LogP contribution in [-0.2, 0) is 4.79 Å². The number of aliphatic hydroxyl groups is 1.